The molecule has 10 heteroatoms. The van der Waals surface area contributed by atoms with Crippen LogP contribution < -0.4 is 0 Å². The van der Waals surface area contributed by atoms with Crippen LogP contribution in [0.5, 0.6) is 0 Å². The lowest BCUT2D eigenvalue weighted by molar-refractivity contribution is 0.350. The van der Waals surface area contributed by atoms with Gasteiger partial charge in [-0.3, -0.25) is 14.0 Å². The maximum Gasteiger partial charge on any atom is 0.104 e. The molecule has 0 bridgehead atoms. The van der Waals surface area contributed by atoms with Crippen LogP contribution >= 0.6 is 38.5 Å². The summed E-state index contributed by atoms with van der Waals surface area (Å²) in [5, 5.41) is 28.5. The monoisotopic (exact) mass is 629 g/mol. The first-order valence-electron chi connectivity index (χ1n) is 10.1. The SMILES string of the molecule is C#CCO.Cn1cc(C#CCBr)cn1.Cn1cc(C#CCO)cn1.Cn1cc(I)cn1.[2H]CC. The van der Waals surface area contributed by atoms with Gasteiger partial charge in [-0.05, 0) is 22.6 Å². The van der Waals surface area contributed by atoms with Gasteiger partial charge in [0, 0.05) is 41.1 Å². The van der Waals surface area contributed by atoms with E-state index in [1.54, 1.807) is 39.6 Å². The standard InChI is InChI=1S/C7H7BrN2.C7H8N2O.C4H5IN2.C3H4O.C2H6/c1-10-6-7(5-9-10)3-2-4-8;1-9-6-7(5-8-9)3-2-4-10;1-7-3-4(5)2-6-7;1-2-3-4;1-2/h5-6H,4H2,1H3;5-6,10H,4H2,1H3;2-3H,1H3;1,4H,3H2;1-2H3/i;;;;1D. The molecule has 3 rings (SSSR count). The van der Waals surface area contributed by atoms with E-state index in [4.69, 9.17) is 11.6 Å². The molecule has 0 atom stereocenters. The minimum absolute atomic E-state index is 0.102. The van der Waals surface area contributed by atoms with Crippen molar-refractivity contribution in [2.24, 2.45) is 21.1 Å². The molecule has 178 valence electrons. The smallest absolute Gasteiger partial charge is 0.104 e. The van der Waals surface area contributed by atoms with Crippen LogP contribution in [0.25, 0.3) is 0 Å². The predicted octanol–water partition coefficient (Wildman–Crippen LogP) is 2.59. The van der Waals surface area contributed by atoms with Crippen molar-refractivity contribution in [1.82, 2.24) is 29.3 Å². The lowest BCUT2D eigenvalue weighted by Gasteiger charge is -1.79. The quantitative estimate of drug-likeness (QED) is 0.227. The fourth-order valence-electron chi connectivity index (χ4n) is 1.64. The Morgan fingerprint density at radius 1 is 0.939 bits per heavy atom. The van der Waals surface area contributed by atoms with Crippen molar-refractivity contribution in [2.45, 2.75) is 13.8 Å². The Bertz CT molecular complexity index is 992. The van der Waals surface area contributed by atoms with E-state index >= 15 is 0 Å². The maximum absolute atomic E-state index is 8.33. The summed E-state index contributed by atoms with van der Waals surface area (Å²) in [6.07, 6.45) is 15.4. The first kappa shape index (κ1) is 30.4. The van der Waals surface area contributed by atoms with Crippen molar-refractivity contribution in [3.8, 4) is 36.0 Å². The zero-order chi connectivity index (χ0) is 26.2. The molecule has 2 N–H and O–H groups in total. The average Bonchev–Trinajstić information content (AvgIpc) is 3.54. The summed E-state index contributed by atoms with van der Waals surface area (Å²) in [5.41, 5.74) is 1.79. The summed E-state index contributed by atoms with van der Waals surface area (Å²) in [6, 6.07) is 0. The summed E-state index contributed by atoms with van der Waals surface area (Å²) in [6.45, 7) is 2.04. The highest BCUT2D eigenvalue weighted by Crippen LogP contribution is 1.98. The molecule has 3 aromatic rings. The number of alkyl halides is 1. The van der Waals surface area contributed by atoms with Gasteiger partial charge in [0.1, 0.15) is 13.2 Å². The van der Waals surface area contributed by atoms with Crippen LogP contribution in [-0.4, -0.2) is 58.1 Å². The van der Waals surface area contributed by atoms with Crippen LogP contribution in [0.2, 0.25) is 0 Å². The Balaban J connectivity index is 0. The lowest BCUT2D eigenvalue weighted by atomic mass is 10.4. The number of terminal acetylenes is 1. The average molecular weight is 630 g/mol. The Morgan fingerprint density at radius 3 is 1.61 bits per heavy atom. The largest absolute Gasteiger partial charge is 0.384 e. The lowest BCUT2D eigenvalue weighted by Crippen LogP contribution is -1.84. The number of halogens is 2. The number of rotatable bonds is 0. The van der Waals surface area contributed by atoms with E-state index in [-0.39, 0.29) is 13.2 Å². The third-order valence-corrected chi connectivity index (χ3v) is 3.62. The fourth-order valence-corrected chi connectivity index (χ4v) is 2.31. The van der Waals surface area contributed by atoms with Crippen LogP contribution in [-0.2, 0) is 21.1 Å². The third-order valence-electron chi connectivity index (χ3n) is 2.79. The second-order valence-corrected chi connectivity index (χ2v) is 7.20. The van der Waals surface area contributed by atoms with Gasteiger partial charge >= 0.3 is 0 Å². The predicted molar refractivity (Wildman–Crippen MR) is 144 cm³/mol. The Labute approximate surface area is 220 Å². The van der Waals surface area contributed by atoms with Gasteiger partial charge in [-0.15, -0.1) is 6.42 Å². The van der Waals surface area contributed by atoms with Gasteiger partial charge in [0.25, 0.3) is 0 Å². The van der Waals surface area contributed by atoms with Crippen molar-refractivity contribution in [1.29, 1.82) is 0 Å². The number of aryl methyl sites for hydroxylation is 3. The van der Waals surface area contributed by atoms with Crippen LogP contribution in [0.15, 0.2) is 37.2 Å². The molecule has 0 amide bonds. The molecule has 8 nitrogen and oxygen atoms in total. The molecule has 0 saturated heterocycles. The summed E-state index contributed by atoms with van der Waals surface area (Å²) in [7, 11) is 5.60. The first-order chi connectivity index (χ1) is 16.3. The number of nitrogens with zero attached hydrogens (tertiary/aromatic N) is 6. The molecule has 0 aliphatic carbocycles. The summed E-state index contributed by atoms with van der Waals surface area (Å²) in [4.78, 5) is 0. The Morgan fingerprint density at radius 2 is 1.36 bits per heavy atom. The van der Waals surface area contributed by atoms with Gasteiger partial charge in [0.2, 0.25) is 0 Å². The molecule has 0 unspecified atom stereocenters. The molecule has 3 heterocycles. The molecule has 0 radical (unpaired) electrons. The van der Waals surface area contributed by atoms with Gasteiger partial charge < -0.3 is 10.2 Å². The number of hydrogen-bond acceptors (Lipinski definition) is 5. The second kappa shape index (κ2) is 22.6. The Kier molecular flexibility index (Phi) is 20.9. The first-order valence-corrected chi connectivity index (χ1v) is 11.6. The molecular formula is C23H30BrIN6O2. The van der Waals surface area contributed by atoms with Gasteiger partial charge in [0.05, 0.1) is 38.6 Å². The van der Waals surface area contributed by atoms with Gasteiger partial charge in [-0.2, -0.15) is 15.3 Å². The number of aromatic nitrogens is 6. The van der Waals surface area contributed by atoms with Crippen molar-refractivity contribution >= 4 is 38.5 Å². The number of aliphatic hydroxyl groups excluding tert-OH is 2. The molecule has 0 spiro atoms. The molecule has 0 saturated carbocycles. The van der Waals surface area contributed by atoms with Gasteiger partial charge in [-0.1, -0.05) is 59.4 Å². The fraction of sp³-hybridized carbons (Fsp3) is 0.348. The molecular weight excluding hydrogens is 599 g/mol. The number of hydrogen-bond donors (Lipinski definition) is 2. The van der Waals surface area contributed by atoms with Crippen LogP contribution in [0.1, 0.15) is 26.3 Å². The third kappa shape index (κ3) is 19.8. The minimum Gasteiger partial charge on any atom is -0.384 e. The molecule has 0 fully saturated rings. The highest BCUT2D eigenvalue weighted by atomic mass is 127. The molecule has 0 aliphatic heterocycles. The summed E-state index contributed by atoms with van der Waals surface area (Å²) < 4.78 is 12.6. The van der Waals surface area contributed by atoms with E-state index in [2.05, 4.69) is 83.9 Å². The Hall–Kier alpha value is -2.56. The minimum atomic E-state index is -0.153. The van der Waals surface area contributed by atoms with Crippen molar-refractivity contribution in [3.05, 3.63) is 51.9 Å². The van der Waals surface area contributed by atoms with Crippen molar-refractivity contribution < 1.29 is 11.6 Å². The van der Waals surface area contributed by atoms with E-state index in [1.165, 1.54) is 3.57 Å². The zero-order valence-corrected chi connectivity index (χ0v) is 22.9. The summed E-state index contributed by atoms with van der Waals surface area (Å²) >= 11 is 5.43. The van der Waals surface area contributed by atoms with Crippen molar-refractivity contribution in [3.63, 3.8) is 0 Å². The van der Waals surface area contributed by atoms with E-state index in [9.17, 15) is 0 Å². The van der Waals surface area contributed by atoms with Crippen LogP contribution in [0, 0.1) is 39.6 Å². The van der Waals surface area contributed by atoms with E-state index in [0.29, 0.717) is 12.2 Å². The normalized spacial score (nSPS) is 8.39. The van der Waals surface area contributed by atoms with E-state index < -0.39 is 0 Å². The second-order valence-electron chi connectivity index (χ2n) is 5.40. The van der Waals surface area contributed by atoms with Crippen LogP contribution in [0.4, 0.5) is 0 Å². The van der Waals surface area contributed by atoms with Gasteiger partial charge in [0.15, 0.2) is 0 Å². The number of aliphatic hydroxyl groups is 2. The molecule has 3 aromatic heterocycles. The molecule has 33 heavy (non-hydrogen) atoms. The summed E-state index contributed by atoms with van der Waals surface area (Å²) in [5.74, 6) is 13.1. The topological polar surface area (TPSA) is 93.9 Å². The molecule has 0 aliphatic rings. The van der Waals surface area contributed by atoms with Gasteiger partial charge in [-0.25, -0.2) is 0 Å². The zero-order valence-electron chi connectivity index (χ0n) is 20.2. The van der Waals surface area contributed by atoms with Crippen LogP contribution in [0.3, 0.4) is 0 Å². The highest BCUT2D eigenvalue weighted by Gasteiger charge is 1.88. The highest BCUT2D eigenvalue weighted by molar-refractivity contribution is 14.1. The van der Waals surface area contributed by atoms with E-state index in [0.717, 1.165) is 11.1 Å². The maximum atomic E-state index is 8.33. The van der Waals surface area contributed by atoms with Crippen molar-refractivity contribution in [2.75, 3.05) is 18.5 Å². The molecule has 0 aromatic carbocycles. The van der Waals surface area contributed by atoms with E-state index in [1.807, 2.05) is 45.7 Å².